The number of ether oxygens (including phenoxy) is 2. The Kier molecular flexibility index (Phi) is 4.52. The molecular formula is C15H15N3O4S. The van der Waals surface area contributed by atoms with Crippen LogP contribution in [0.5, 0.6) is 11.5 Å². The summed E-state index contributed by atoms with van der Waals surface area (Å²) in [5.41, 5.74) is 1.55. The maximum atomic E-state index is 5.67. The van der Waals surface area contributed by atoms with Crippen LogP contribution < -0.4 is 9.47 Å². The normalized spacial score (nSPS) is 10.7. The van der Waals surface area contributed by atoms with E-state index in [9.17, 15) is 0 Å². The molecule has 0 saturated heterocycles. The van der Waals surface area contributed by atoms with Gasteiger partial charge < -0.3 is 18.4 Å². The molecule has 1 aromatic carbocycles. The van der Waals surface area contributed by atoms with E-state index >= 15 is 0 Å². The first-order valence-corrected chi connectivity index (χ1v) is 7.79. The fourth-order valence-corrected chi connectivity index (χ4v) is 2.61. The molecule has 3 aromatic rings. The highest BCUT2D eigenvalue weighted by Crippen LogP contribution is 2.34. The van der Waals surface area contributed by atoms with Crippen molar-refractivity contribution in [1.82, 2.24) is 15.4 Å². The lowest BCUT2D eigenvalue weighted by Gasteiger charge is -2.07. The molecule has 0 atom stereocenters. The molecule has 0 saturated carbocycles. The summed E-state index contributed by atoms with van der Waals surface area (Å²) in [6.45, 7) is 1.87. The predicted molar refractivity (Wildman–Crippen MR) is 83.6 cm³/mol. The van der Waals surface area contributed by atoms with E-state index in [4.69, 9.17) is 18.4 Å². The second-order valence-corrected chi connectivity index (χ2v) is 5.59. The zero-order chi connectivity index (χ0) is 16.2. The number of hydrogen-bond donors (Lipinski definition) is 0. The highest BCUT2D eigenvalue weighted by Gasteiger charge is 2.15. The number of aryl methyl sites for hydroxylation is 1. The van der Waals surface area contributed by atoms with Crippen LogP contribution in [0.3, 0.4) is 0 Å². The van der Waals surface area contributed by atoms with Gasteiger partial charge in [0.25, 0.3) is 11.1 Å². The van der Waals surface area contributed by atoms with E-state index < -0.39 is 0 Å². The Morgan fingerprint density at radius 1 is 1.13 bits per heavy atom. The van der Waals surface area contributed by atoms with Gasteiger partial charge in [0.1, 0.15) is 17.3 Å². The van der Waals surface area contributed by atoms with E-state index in [-0.39, 0.29) is 0 Å². The van der Waals surface area contributed by atoms with Crippen LogP contribution in [0.25, 0.3) is 11.5 Å². The molecule has 8 heteroatoms. The third kappa shape index (κ3) is 3.48. The van der Waals surface area contributed by atoms with Crippen molar-refractivity contribution in [3.63, 3.8) is 0 Å². The van der Waals surface area contributed by atoms with Crippen molar-refractivity contribution >= 4 is 11.8 Å². The Morgan fingerprint density at radius 2 is 2.00 bits per heavy atom. The molecule has 2 heterocycles. The van der Waals surface area contributed by atoms with Crippen molar-refractivity contribution in [2.75, 3.05) is 14.2 Å². The van der Waals surface area contributed by atoms with Gasteiger partial charge in [-0.1, -0.05) is 16.9 Å². The lowest BCUT2D eigenvalue weighted by molar-refractivity contribution is 0.389. The molecule has 0 fully saturated rings. The zero-order valence-corrected chi connectivity index (χ0v) is 13.7. The summed E-state index contributed by atoms with van der Waals surface area (Å²) in [7, 11) is 3.18. The summed E-state index contributed by atoms with van der Waals surface area (Å²) in [6, 6.07) is 7.27. The molecular weight excluding hydrogens is 318 g/mol. The van der Waals surface area contributed by atoms with Gasteiger partial charge in [-0.15, -0.1) is 10.2 Å². The predicted octanol–water partition coefficient (Wildman–Crippen LogP) is 3.34. The molecule has 0 amide bonds. The number of methoxy groups -OCH3 is 2. The number of rotatable bonds is 6. The van der Waals surface area contributed by atoms with E-state index in [2.05, 4.69) is 15.4 Å². The minimum atomic E-state index is 0.390. The van der Waals surface area contributed by atoms with Crippen LogP contribution in [-0.2, 0) is 5.75 Å². The van der Waals surface area contributed by atoms with Gasteiger partial charge in [-0.2, -0.15) is 0 Å². The van der Waals surface area contributed by atoms with Gasteiger partial charge in [-0.05, 0) is 19.1 Å². The van der Waals surface area contributed by atoms with Crippen molar-refractivity contribution in [3.8, 4) is 23.0 Å². The summed E-state index contributed by atoms with van der Waals surface area (Å²) in [6.07, 6.45) is 0. The second kappa shape index (κ2) is 6.74. The quantitative estimate of drug-likeness (QED) is 0.635. The van der Waals surface area contributed by atoms with Gasteiger partial charge in [0, 0.05) is 12.1 Å². The van der Waals surface area contributed by atoms with E-state index in [1.807, 2.05) is 25.1 Å². The Bertz CT molecular complexity index is 800. The largest absolute Gasteiger partial charge is 0.497 e. The van der Waals surface area contributed by atoms with Crippen LogP contribution in [-0.4, -0.2) is 29.6 Å². The van der Waals surface area contributed by atoms with E-state index in [1.165, 1.54) is 11.8 Å². The first-order chi connectivity index (χ1) is 11.2. The van der Waals surface area contributed by atoms with E-state index in [1.54, 1.807) is 20.3 Å². The molecule has 23 heavy (non-hydrogen) atoms. The molecule has 0 aliphatic heterocycles. The molecule has 0 bridgehead atoms. The van der Waals surface area contributed by atoms with Gasteiger partial charge in [-0.3, -0.25) is 0 Å². The van der Waals surface area contributed by atoms with Crippen molar-refractivity contribution < 1.29 is 18.4 Å². The van der Waals surface area contributed by atoms with Gasteiger partial charge in [0.15, 0.2) is 0 Å². The maximum absolute atomic E-state index is 5.67. The maximum Gasteiger partial charge on any atom is 0.277 e. The monoisotopic (exact) mass is 333 g/mol. The SMILES string of the molecule is COc1ccc(-c2nnc(SCc3cc(C)no3)o2)c(OC)c1. The molecule has 2 aromatic heterocycles. The van der Waals surface area contributed by atoms with Crippen LogP contribution in [0.2, 0.25) is 0 Å². The fraction of sp³-hybridized carbons (Fsp3) is 0.267. The summed E-state index contributed by atoms with van der Waals surface area (Å²) in [5, 5.41) is 12.4. The molecule has 0 spiro atoms. The summed E-state index contributed by atoms with van der Waals surface area (Å²) >= 11 is 1.38. The first-order valence-electron chi connectivity index (χ1n) is 6.80. The number of nitrogens with zero attached hydrogens (tertiary/aromatic N) is 3. The standard InChI is InChI=1S/C15H15N3O4S/c1-9-6-11(22-18-9)8-23-15-17-16-14(21-15)12-5-4-10(19-2)7-13(12)20-3/h4-7H,8H2,1-3H3. The van der Waals surface area contributed by atoms with Crippen LogP contribution in [0.1, 0.15) is 11.5 Å². The number of thioether (sulfide) groups is 1. The summed E-state index contributed by atoms with van der Waals surface area (Å²) in [5.74, 6) is 3.02. The van der Waals surface area contributed by atoms with Crippen molar-refractivity contribution in [1.29, 1.82) is 0 Å². The van der Waals surface area contributed by atoms with Gasteiger partial charge >= 0.3 is 0 Å². The van der Waals surface area contributed by atoms with E-state index in [0.717, 1.165) is 11.5 Å². The van der Waals surface area contributed by atoms with Gasteiger partial charge in [0.2, 0.25) is 0 Å². The third-order valence-corrected chi connectivity index (χ3v) is 3.90. The molecule has 120 valence electrons. The highest BCUT2D eigenvalue weighted by atomic mass is 32.2. The second-order valence-electron chi connectivity index (χ2n) is 4.66. The van der Waals surface area contributed by atoms with Gasteiger partial charge in [-0.25, -0.2) is 0 Å². The zero-order valence-electron chi connectivity index (χ0n) is 12.9. The Labute approximate surface area is 137 Å². The van der Waals surface area contributed by atoms with Crippen molar-refractivity contribution in [2.24, 2.45) is 0 Å². The molecule has 0 radical (unpaired) electrons. The van der Waals surface area contributed by atoms with Gasteiger partial charge in [0.05, 0.1) is 31.2 Å². The summed E-state index contributed by atoms with van der Waals surface area (Å²) < 4.78 is 21.3. The smallest absolute Gasteiger partial charge is 0.277 e. The van der Waals surface area contributed by atoms with Crippen LogP contribution in [0.4, 0.5) is 0 Å². The highest BCUT2D eigenvalue weighted by molar-refractivity contribution is 7.98. The lowest BCUT2D eigenvalue weighted by Crippen LogP contribution is -1.90. The number of aromatic nitrogens is 3. The number of hydrogen-bond acceptors (Lipinski definition) is 8. The molecule has 7 nitrogen and oxygen atoms in total. The van der Waals surface area contributed by atoms with Crippen LogP contribution in [0.15, 0.2) is 38.4 Å². The molecule has 0 aliphatic rings. The Morgan fingerprint density at radius 3 is 2.70 bits per heavy atom. The topological polar surface area (TPSA) is 83.4 Å². The van der Waals surface area contributed by atoms with Crippen LogP contribution >= 0.6 is 11.8 Å². The molecule has 0 N–H and O–H groups in total. The minimum Gasteiger partial charge on any atom is -0.497 e. The summed E-state index contributed by atoms with van der Waals surface area (Å²) in [4.78, 5) is 0. The average Bonchev–Trinajstić information content (AvgIpc) is 3.21. The fourth-order valence-electron chi connectivity index (χ4n) is 1.97. The lowest BCUT2D eigenvalue weighted by atomic mass is 10.2. The Hall–Kier alpha value is -2.48. The third-order valence-electron chi connectivity index (χ3n) is 3.06. The molecule has 0 aliphatic carbocycles. The molecule has 3 rings (SSSR count). The van der Waals surface area contributed by atoms with E-state index in [0.29, 0.717) is 33.9 Å². The van der Waals surface area contributed by atoms with Crippen molar-refractivity contribution in [3.05, 3.63) is 35.7 Å². The first kappa shape index (κ1) is 15.4. The van der Waals surface area contributed by atoms with Crippen LogP contribution in [0, 0.1) is 6.92 Å². The minimum absolute atomic E-state index is 0.390. The average molecular weight is 333 g/mol. The molecule has 0 unspecified atom stereocenters. The van der Waals surface area contributed by atoms with Crippen molar-refractivity contribution in [2.45, 2.75) is 17.9 Å². The Balaban J connectivity index is 1.76. The number of benzene rings is 1.